The molecule has 3 aromatic rings. The van der Waals surface area contributed by atoms with Crippen LogP contribution in [0.4, 0.5) is 13.2 Å². The summed E-state index contributed by atoms with van der Waals surface area (Å²) in [5.74, 6) is 0. The molecule has 1 N–H and O–H groups in total. The summed E-state index contributed by atoms with van der Waals surface area (Å²) in [4.78, 5) is 12.5. The lowest BCUT2D eigenvalue weighted by Gasteiger charge is -2.42. The number of nitrogens with one attached hydrogen (secondary N) is 1. The third kappa shape index (κ3) is 3.24. The van der Waals surface area contributed by atoms with Crippen LogP contribution in [0.3, 0.4) is 0 Å². The number of aromatic nitrogens is 2. The summed E-state index contributed by atoms with van der Waals surface area (Å²) in [6.07, 6.45) is -2.45. The van der Waals surface area contributed by atoms with Crippen molar-refractivity contribution in [2.75, 3.05) is 0 Å². The highest BCUT2D eigenvalue weighted by Gasteiger charge is 2.38. The van der Waals surface area contributed by atoms with Gasteiger partial charge in [-0.15, -0.1) is 0 Å². The maximum absolute atomic E-state index is 13.2. The molecule has 0 saturated heterocycles. The molecule has 1 heterocycles. The second-order valence-corrected chi connectivity index (χ2v) is 9.19. The molecule has 1 aliphatic rings. The molecule has 0 bridgehead atoms. The lowest BCUT2D eigenvalue weighted by molar-refractivity contribution is -0.137. The number of benzene rings is 2. The molecule has 152 valence electrons. The van der Waals surface area contributed by atoms with E-state index in [1.165, 1.54) is 6.07 Å². The Morgan fingerprint density at radius 2 is 1.52 bits per heavy atom. The van der Waals surface area contributed by atoms with Gasteiger partial charge in [-0.05, 0) is 59.1 Å². The number of fused-ring (bicyclic) bond motifs is 2. The van der Waals surface area contributed by atoms with E-state index in [0.717, 1.165) is 36.1 Å². The van der Waals surface area contributed by atoms with Crippen LogP contribution in [0.1, 0.15) is 57.2 Å². The largest absolute Gasteiger partial charge is 0.416 e. The van der Waals surface area contributed by atoms with Crippen molar-refractivity contribution < 1.29 is 13.2 Å². The Hall–Kier alpha value is -2.63. The van der Waals surface area contributed by atoms with Crippen LogP contribution in [-0.2, 0) is 17.0 Å². The lowest BCUT2D eigenvalue weighted by atomic mass is 9.63. The molecule has 0 spiro atoms. The van der Waals surface area contributed by atoms with E-state index in [9.17, 15) is 18.0 Å². The van der Waals surface area contributed by atoms with E-state index >= 15 is 0 Å². The van der Waals surface area contributed by atoms with Gasteiger partial charge in [0.1, 0.15) is 0 Å². The summed E-state index contributed by atoms with van der Waals surface area (Å²) in [6, 6.07) is 8.93. The number of nitrogens with zero attached hydrogens (tertiary/aromatic N) is 1. The maximum atomic E-state index is 13.2. The van der Waals surface area contributed by atoms with Gasteiger partial charge in [0.05, 0.1) is 16.6 Å². The molecule has 29 heavy (non-hydrogen) atoms. The number of halogens is 3. The van der Waals surface area contributed by atoms with Gasteiger partial charge in [0.25, 0.3) is 5.56 Å². The molecule has 0 aliphatic heterocycles. The molecule has 0 radical (unpaired) electrons. The second kappa shape index (κ2) is 6.18. The van der Waals surface area contributed by atoms with Gasteiger partial charge in [-0.2, -0.15) is 18.3 Å². The number of hydrogen-bond acceptors (Lipinski definition) is 2. The Bertz CT molecular complexity index is 1170. The predicted octanol–water partition coefficient (Wildman–Crippen LogP) is 5.96. The van der Waals surface area contributed by atoms with Gasteiger partial charge >= 0.3 is 6.18 Å². The van der Waals surface area contributed by atoms with Crippen molar-refractivity contribution in [1.82, 2.24) is 10.2 Å². The van der Waals surface area contributed by atoms with Crippen molar-refractivity contribution >= 4 is 10.8 Å². The summed E-state index contributed by atoms with van der Waals surface area (Å²) >= 11 is 0. The van der Waals surface area contributed by atoms with Crippen LogP contribution in [0.25, 0.3) is 22.0 Å². The van der Waals surface area contributed by atoms with Crippen LogP contribution < -0.4 is 5.56 Å². The zero-order valence-corrected chi connectivity index (χ0v) is 16.9. The van der Waals surface area contributed by atoms with Crippen molar-refractivity contribution in [2.24, 2.45) is 0 Å². The highest BCUT2D eigenvalue weighted by molar-refractivity contribution is 5.95. The number of H-pyrrole nitrogens is 1. The Morgan fingerprint density at radius 1 is 0.931 bits per heavy atom. The smallest absolute Gasteiger partial charge is 0.267 e. The van der Waals surface area contributed by atoms with Gasteiger partial charge in [0.15, 0.2) is 0 Å². The van der Waals surface area contributed by atoms with Gasteiger partial charge < -0.3 is 0 Å². The molecule has 0 fully saturated rings. The van der Waals surface area contributed by atoms with Crippen molar-refractivity contribution in [3.8, 4) is 11.3 Å². The molecule has 1 aromatic heterocycles. The van der Waals surface area contributed by atoms with E-state index in [0.29, 0.717) is 22.0 Å². The van der Waals surface area contributed by atoms with Crippen molar-refractivity contribution in [3.05, 3.63) is 63.4 Å². The molecule has 2 aromatic carbocycles. The van der Waals surface area contributed by atoms with E-state index in [1.807, 2.05) is 12.1 Å². The van der Waals surface area contributed by atoms with Crippen molar-refractivity contribution in [1.29, 1.82) is 0 Å². The van der Waals surface area contributed by atoms with Crippen LogP contribution >= 0.6 is 0 Å². The average molecular weight is 400 g/mol. The lowest BCUT2D eigenvalue weighted by Crippen LogP contribution is -2.34. The van der Waals surface area contributed by atoms with E-state index in [4.69, 9.17) is 0 Å². The van der Waals surface area contributed by atoms with E-state index in [-0.39, 0.29) is 16.4 Å². The molecule has 1 aliphatic carbocycles. The summed E-state index contributed by atoms with van der Waals surface area (Å²) in [5, 5.41) is 7.63. The minimum atomic E-state index is -4.45. The number of rotatable bonds is 1. The first-order valence-electron chi connectivity index (χ1n) is 9.65. The normalized spacial score (nSPS) is 17.9. The quantitative estimate of drug-likeness (QED) is 0.548. The monoisotopic (exact) mass is 400 g/mol. The fourth-order valence-electron chi connectivity index (χ4n) is 4.29. The maximum Gasteiger partial charge on any atom is 0.416 e. The van der Waals surface area contributed by atoms with Gasteiger partial charge in [0.2, 0.25) is 0 Å². The van der Waals surface area contributed by atoms with Crippen molar-refractivity contribution in [3.63, 3.8) is 0 Å². The highest BCUT2D eigenvalue weighted by Crippen LogP contribution is 2.47. The SMILES string of the molecule is CC1(C)CCC(C)(C)c2cc3c(=O)[nH]nc(-c4cccc(C(F)(F)F)c4)c3cc21. The first-order chi connectivity index (χ1) is 13.4. The third-order valence-electron chi connectivity index (χ3n) is 6.22. The van der Waals surface area contributed by atoms with Crippen LogP contribution in [0.2, 0.25) is 0 Å². The molecular formula is C23H23F3N2O. The minimum absolute atomic E-state index is 0.0783. The zero-order valence-electron chi connectivity index (χ0n) is 16.9. The first kappa shape index (κ1) is 19.7. The van der Waals surface area contributed by atoms with Crippen LogP contribution in [-0.4, -0.2) is 10.2 Å². The van der Waals surface area contributed by atoms with Gasteiger partial charge in [0, 0.05) is 10.9 Å². The Kier molecular flexibility index (Phi) is 4.19. The summed E-state index contributed by atoms with van der Waals surface area (Å²) < 4.78 is 39.6. The molecule has 0 saturated carbocycles. The zero-order chi connectivity index (χ0) is 21.2. The number of aromatic amines is 1. The third-order valence-corrected chi connectivity index (χ3v) is 6.22. The second-order valence-electron chi connectivity index (χ2n) is 9.19. The van der Waals surface area contributed by atoms with Crippen LogP contribution in [0.15, 0.2) is 41.2 Å². The molecule has 3 nitrogen and oxygen atoms in total. The summed E-state index contributed by atoms with van der Waals surface area (Å²) in [6.45, 7) is 8.65. The van der Waals surface area contributed by atoms with Gasteiger partial charge in [-0.1, -0.05) is 39.8 Å². The molecule has 4 rings (SSSR count). The highest BCUT2D eigenvalue weighted by atomic mass is 19.4. The van der Waals surface area contributed by atoms with Gasteiger partial charge in [-0.25, -0.2) is 5.10 Å². The van der Waals surface area contributed by atoms with Crippen LogP contribution in [0.5, 0.6) is 0 Å². The van der Waals surface area contributed by atoms with E-state index in [1.54, 1.807) is 6.07 Å². The number of alkyl halides is 3. The summed E-state index contributed by atoms with van der Waals surface area (Å²) in [5.41, 5.74) is 1.68. The van der Waals surface area contributed by atoms with E-state index < -0.39 is 11.7 Å². The fraction of sp³-hybridized carbons (Fsp3) is 0.391. The topological polar surface area (TPSA) is 45.8 Å². The first-order valence-corrected chi connectivity index (χ1v) is 9.65. The summed E-state index contributed by atoms with van der Waals surface area (Å²) in [7, 11) is 0. The molecule has 0 unspecified atom stereocenters. The van der Waals surface area contributed by atoms with Crippen LogP contribution in [0, 0.1) is 0 Å². The molecular weight excluding hydrogens is 377 g/mol. The Balaban J connectivity index is 2.04. The average Bonchev–Trinajstić information content (AvgIpc) is 2.65. The van der Waals surface area contributed by atoms with Gasteiger partial charge in [-0.3, -0.25) is 4.79 Å². The molecule has 6 heteroatoms. The number of hydrogen-bond donors (Lipinski definition) is 1. The molecule has 0 amide bonds. The van der Waals surface area contributed by atoms with Crippen molar-refractivity contribution in [2.45, 2.75) is 57.5 Å². The Morgan fingerprint density at radius 3 is 2.10 bits per heavy atom. The Labute approximate surface area is 167 Å². The predicted molar refractivity (Wildman–Crippen MR) is 108 cm³/mol. The molecule has 0 atom stereocenters. The fourth-order valence-corrected chi connectivity index (χ4v) is 4.29. The standard InChI is InChI=1S/C23H23F3N2O/c1-21(2)8-9-22(3,4)18-12-16-15(11-17(18)21)19(27-28-20(16)29)13-6-5-7-14(10-13)23(24,25)26/h5-7,10-12H,8-9H2,1-4H3,(H,28,29). The van der Waals surface area contributed by atoms with E-state index in [2.05, 4.69) is 37.9 Å². The minimum Gasteiger partial charge on any atom is -0.267 e.